The number of aliphatic hydroxyl groups excluding tert-OH is 1. The van der Waals surface area contributed by atoms with Gasteiger partial charge < -0.3 is 35.0 Å². The average Bonchev–Trinajstić information content (AvgIpc) is 3.58. The number of aliphatic hydroxyl groups is 1. The first-order chi connectivity index (χ1) is 25.8. The maximum atomic E-state index is 14.9. The standard InChI is InChI=1S/C34H41F2N7O3.C3H3F3O2/c1-3-24-16-25(41-32-33-39-20-28(42(33)11-10-38-32)27-6-7-29(46-2)31(36)30(27)35)4-5-26(24)34(45)40-19-22-8-12-43(13-9-22,14-15-44)21-23-17-37-18-23;1-8-2(7)3(4,5)6/h4-7,10-11,16,20,22-23,37,44H,3,8-9,12-15,17-19,21H2,1-2H3,(H-,38,40,41,45);1H3/p+1. The zero-order valence-electron chi connectivity index (χ0n) is 30.3. The first-order valence-corrected chi connectivity index (χ1v) is 17.7. The number of amides is 1. The quantitative estimate of drug-likeness (QED) is 0.0905. The molecule has 17 heteroatoms. The van der Waals surface area contributed by atoms with Gasteiger partial charge in [-0.3, -0.25) is 9.20 Å². The summed E-state index contributed by atoms with van der Waals surface area (Å²) in [7, 11) is 1.96. The van der Waals surface area contributed by atoms with E-state index in [2.05, 4.69) is 30.7 Å². The fourth-order valence-corrected chi connectivity index (χ4v) is 6.97. The number of aromatic nitrogens is 3. The second-order valence-corrected chi connectivity index (χ2v) is 13.5. The number of esters is 1. The Hall–Kier alpha value is -4.87. The predicted molar refractivity (Wildman–Crippen MR) is 190 cm³/mol. The van der Waals surface area contributed by atoms with Crippen LogP contribution in [0.5, 0.6) is 5.75 Å². The van der Waals surface area contributed by atoms with Crippen LogP contribution in [0.3, 0.4) is 0 Å². The summed E-state index contributed by atoms with van der Waals surface area (Å²) >= 11 is 0. The molecule has 2 aromatic carbocycles. The lowest BCUT2D eigenvalue weighted by Gasteiger charge is -2.47. The van der Waals surface area contributed by atoms with Crippen LogP contribution in [-0.2, 0) is 16.0 Å². The van der Waals surface area contributed by atoms with Crippen LogP contribution in [0, 0.1) is 23.5 Å². The number of likely N-dealkylation sites (tertiary alicyclic amines) is 1. The van der Waals surface area contributed by atoms with E-state index in [-0.39, 0.29) is 23.8 Å². The van der Waals surface area contributed by atoms with Crippen molar-refractivity contribution >= 4 is 29.0 Å². The molecule has 0 bridgehead atoms. The molecule has 0 radical (unpaired) electrons. The lowest BCUT2D eigenvalue weighted by Crippen LogP contribution is -2.61. The number of nitrogens with zero attached hydrogens (tertiary/aromatic N) is 4. The Morgan fingerprint density at radius 1 is 1.06 bits per heavy atom. The van der Waals surface area contributed by atoms with Crippen molar-refractivity contribution in [1.29, 1.82) is 0 Å². The van der Waals surface area contributed by atoms with Crippen molar-refractivity contribution < 1.29 is 50.6 Å². The third-order valence-corrected chi connectivity index (χ3v) is 10.0. The number of hydrogen-bond donors (Lipinski definition) is 4. The van der Waals surface area contributed by atoms with Gasteiger partial charge in [0, 0.05) is 67.6 Å². The summed E-state index contributed by atoms with van der Waals surface area (Å²) in [6.07, 6.45) is 2.56. The van der Waals surface area contributed by atoms with E-state index >= 15 is 0 Å². The number of carbonyl (C=O) groups excluding carboxylic acids is 2. The molecule has 6 rings (SSSR count). The Morgan fingerprint density at radius 2 is 1.80 bits per heavy atom. The molecule has 292 valence electrons. The SMILES string of the molecule is CCc1cc(Nc2nccn3c(-c4ccc(OC)c(F)c4F)cnc23)ccc1C(=O)NCC1CC[N+](CCO)(CC2CNC2)CC1.COC(=O)C(F)(F)F. The monoisotopic (exact) mass is 762 g/mol. The highest BCUT2D eigenvalue weighted by atomic mass is 19.4. The number of anilines is 2. The van der Waals surface area contributed by atoms with Gasteiger partial charge in [-0.1, -0.05) is 6.92 Å². The molecule has 4 N–H and O–H groups in total. The predicted octanol–water partition coefficient (Wildman–Crippen LogP) is 4.88. The van der Waals surface area contributed by atoms with Gasteiger partial charge in [-0.2, -0.15) is 17.6 Å². The molecule has 54 heavy (non-hydrogen) atoms. The normalized spacial score (nSPS) is 18.6. The zero-order chi connectivity index (χ0) is 39.0. The van der Waals surface area contributed by atoms with Gasteiger partial charge in [-0.15, -0.1) is 0 Å². The highest BCUT2D eigenvalue weighted by Gasteiger charge is 2.40. The molecular weight excluding hydrogens is 717 g/mol. The van der Waals surface area contributed by atoms with Gasteiger partial charge in [0.2, 0.25) is 5.82 Å². The molecular formula is C37H45F5N7O5+. The molecule has 0 saturated carbocycles. The van der Waals surface area contributed by atoms with E-state index in [0.717, 1.165) is 67.8 Å². The van der Waals surface area contributed by atoms with Gasteiger partial charge in [-0.25, -0.2) is 19.2 Å². The average molecular weight is 763 g/mol. The molecule has 2 fully saturated rings. The van der Waals surface area contributed by atoms with Crippen LogP contribution in [0.1, 0.15) is 35.7 Å². The van der Waals surface area contributed by atoms with E-state index in [1.165, 1.54) is 25.4 Å². The number of carbonyl (C=O) groups is 2. The maximum absolute atomic E-state index is 14.9. The fourth-order valence-electron chi connectivity index (χ4n) is 6.97. The van der Waals surface area contributed by atoms with Gasteiger partial charge in [0.15, 0.2) is 23.0 Å². The lowest BCUT2D eigenvalue weighted by molar-refractivity contribution is -0.937. The number of alkyl halides is 3. The summed E-state index contributed by atoms with van der Waals surface area (Å²) in [4.78, 5) is 31.7. The number of hydrogen-bond acceptors (Lipinski definition) is 9. The Labute approximate surface area is 309 Å². The minimum absolute atomic E-state index is 0.0505. The van der Waals surface area contributed by atoms with Crippen molar-refractivity contribution in [2.75, 3.05) is 72.0 Å². The number of halogens is 5. The molecule has 2 saturated heterocycles. The van der Waals surface area contributed by atoms with Crippen LogP contribution >= 0.6 is 0 Å². The van der Waals surface area contributed by atoms with E-state index in [0.29, 0.717) is 54.6 Å². The van der Waals surface area contributed by atoms with Crippen LogP contribution in [0.4, 0.5) is 33.5 Å². The smallest absolute Gasteiger partial charge is 0.490 e. The van der Waals surface area contributed by atoms with Crippen LogP contribution in [-0.4, -0.2) is 109 Å². The second kappa shape index (κ2) is 17.5. The lowest BCUT2D eigenvalue weighted by atomic mass is 9.91. The minimum atomic E-state index is -4.85. The topological polar surface area (TPSA) is 139 Å². The molecule has 12 nitrogen and oxygen atoms in total. The number of imidazole rings is 1. The molecule has 4 heterocycles. The van der Waals surface area contributed by atoms with E-state index in [9.17, 15) is 36.6 Å². The summed E-state index contributed by atoms with van der Waals surface area (Å²) in [6.45, 7) is 9.03. The van der Waals surface area contributed by atoms with Crippen LogP contribution in [0.15, 0.2) is 48.9 Å². The van der Waals surface area contributed by atoms with Crippen molar-refractivity contribution in [3.63, 3.8) is 0 Å². The third kappa shape index (κ3) is 9.25. The minimum Gasteiger partial charge on any atom is -0.494 e. The molecule has 0 spiro atoms. The number of benzene rings is 2. The van der Waals surface area contributed by atoms with Gasteiger partial charge in [0.1, 0.15) is 6.54 Å². The highest BCUT2D eigenvalue weighted by molar-refractivity contribution is 5.96. The number of rotatable bonds is 12. The Bertz CT molecular complexity index is 1930. The first-order valence-electron chi connectivity index (χ1n) is 17.7. The van der Waals surface area contributed by atoms with Crippen molar-refractivity contribution in [3.05, 3.63) is 71.7 Å². The largest absolute Gasteiger partial charge is 0.494 e. The molecule has 1 amide bonds. The Balaban J connectivity index is 0.000000631. The highest BCUT2D eigenvalue weighted by Crippen LogP contribution is 2.32. The van der Waals surface area contributed by atoms with Gasteiger partial charge in [-0.05, 0) is 48.2 Å². The molecule has 2 aliphatic rings. The number of piperidine rings is 1. The number of nitrogens with one attached hydrogen (secondary N) is 3. The molecule has 2 aromatic heterocycles. The van der Waals surface area contributed by atoms with E-state index in [1.54, 1.807) is 16.8 Å². The van der Waals surface area contributed by atoms with Crippen molar-refractivity contribution in [2.45, 2.75) is 32.4 Å². The Kier molecular flexibility index (Phi) is 13.1. The van der Waals surface area contributed by atoms with Crippen molar-refractivity contribution in [2.24, 2.45) is 11.8 Å². The van der Waals surface area contributed by atoms with E-state index < -0.39 is 23.8 Å². The number of quaternary nitrogens is 1. The van der Waals surface area contributed by atoms with Gasteiger partial charge >= 0.3 is 12.1 Å². The summed E-state index contributed by atoms with van der Waals surface area (Å²) in [5.41, 5.74) is 3.12. The molecule has 0 atom stereocenters. The molecule has 2 aliphatic heterocycles. The summed E-state index contributed by atoms with van der Waals surface area (Å²) in [6, 6.07) is 8.42. The van der Waals surface area contributed by atoms with E-state index in [4.69, 9.17) is 4.74 Å². The van der Waals surface area contributed by atoms with Crippen LogP contribution < -0.4 is 20.7 Å². The molecule has 0 unspecified atom stereocenters. The van der Waals surface area contributed by atoms with Crippen LogP contribution in [0.2, 0.25) is 0 Å². The third-order valence-electron chi connectivity index (χ3n) is 10.0. The van der Waals surface area contributed by atoms with E-state index in [1.807, 2.05) is 25.1 Å². The summed E-state index contributed by atoms with van der Waals surface area (Å²) in [5.74, 6) is -2.95. The Morgan fingerprint density at radius 3 is 2.39 bits per heavy atom. The van der Waals surface area contributed by atoms with Crippen molar-refractivity contribution in [3.8, 4) is 17.0 Å². The zero-order valence-corrected chi connectivity index (χ0v) is 30.3. The number of aryl methyl sites for hydroxylation is 1. The molecule has 4 aromatic rings. The number of ether oxygens (including phenoxy) is 2. The van der Waals surface area contributed by atoms with Gasteiger partial charge in [0.05, 0.1) is 52.4 Å². The van der Waals surface area contributed by atoms with Crippen molar-refractivity contribution in [1.82, 2.24) is 25.0 Å². The second-order valence-electron chi connectivity index (χ2n) is 13.5. The van der Waals surface area contributed by atoms with Crippen LogP contribution in [0.25, 0.3) is 16.9 Å². The first kappa shape index (κ1) is 40.3. The summed E-state index contributed by atoms with van der Waals surface area (Å²) < 4.78 is 73.1. The fraction of sp³-hybridized carbons (Fsp3) is 0.459. The van der Waals surface area contributed by atoms with Gasteiger partial charge in [0.25, 0.3) is 5.91 Å². The molecule has 0 aliphatic carbocycles. The summed E-state index contributed by atoms with van der Waals surface area (Å²) in [5, 5.41) is 19.5. The number of methoxy groups -OCH3 is 2. The number of fused-ring (bicyclic) bond motifs is 1. The maximum Gasteiger partial charge on any atom is 0.490 e.